The van der Waals surface area contributed by atoms with Crippen LogP contribution in [0.5, 0.6) is 0 Å². The standard InChI is InChI=1S/C5H6ClNO2S/c1-7-5(6)4(2-8)3-10(7)9/h2-3,5H,1H3. The van der Waals surface area contributed by atoms with Gasteiger partial charge in [0.05, 0.1) is 16.9 Å². The molecule has 0 amide bonds. The number of carbonyl (C=O) groups is 1. The first-order valence-electron chi connectivity index (χ1n) is 2.61. The van der Waals surface area contributed by atoms with E-state index in [1.54, 1.807) is 7.05 Å². The molecule has 10 heavy (non-hydrogen) atoms. The average Bonchev–Trinajstić information content (AvgIpc) is 2.17. The number of nitrogens with zero attached hydrogens (tertiary/aromatic N) is 1. The van der Waals surface area contributed by atoms with Gasteiger partial charge in [-0.1, -0.05) is 11.6 Å². The minimum absolute atomic E-state index is 0.377. The molecule has 56 valence electrons. The highest BCUT2D eigenvalue weighted by atomic mass is 35.5. The van der Waals surface area contributed by atoms with E-state index >= 15 is 0 Å². The Kier molecular flexibility index (Phi) is 2.36. The molecule has 0 radical (unpaired) electrons. The third-order valence-electron chi connectivity index (χ3n) is 1.25. The van der Waals surface area contributed by atoms with Crippen LogP contribution in [-0.4, -0.2) is 27.7 Å². The van der Waals surface area contributed by atoms with Crippen LogP contribution in [0.3, 0.4) is 0 Å². The first-order valence-corrected chi connectivity index (χ1v) is 4.22. The quantitative estimate of drug-likeness (QED) is 0.251. The Labute approximate surface area is 67.0 Å². The van der Waals surface area contributed by atoms with Gasteiger partial charge in [0.2, 0.25) is 0 Å². The molecule has 0 aromatic rings. The van der Waals surface area contributed by atoms with Crippen molar-refractivity contribution >= 4 is 29.2 Å². The van der Waals surface area contributed by atoms with Gasteiger partial charge >= 0.3 is 0 Å². The highest BCUT2D eigenvalue weighted by molar-refractivity contribution is 7.92. The molecule has 0 spiro atoms. The molecule has 0 N–H and O–H groups in total. The van der Waals surface area contributed by atoms with Crippen molar-refractivity contribution < 1.29 is 9.35 Å². The Morgan fingerprint density at radius 2 is 2.60 bits per heavy atom. The Morgan fingerprint density at radius 3 is 2.80 bits per heavy atom. The van der Waals surface area contributed by atoms with E-state index < -0.39 is 16.9 Å². The molecule has 0 aromatic heterocycles. The van der Waals surface area contributed by atoms with Crippen molar-refractivity contribution in [1.82, 2.24) is 4.31 Å². The zero-order chi connectivity index (χ0) is 7.72. The fourth-order valence-corrected chi connectivity index (χ4v) is 1.95. The second-order valence-electron chi connectivity index (χ2n) is 1.89. The van der Waals surface area contributed by atoms with Crippen molar-refractivity contribution in [3.63, 3.8) is 0 Å². The molecule has 3 nitrogen and oxygen atoms in total. The summed E-state index contributed by atoms with van der Waals surface area (Å²) in [5.41, 5.74) is -0.152. The fourth-order valence-electron chi connectivity index (χ4n) is 0.641. The SMILES string of the molecule is CN1C(Cl)C(C=O)=C[S+]1[O-]. The van der Waals surface area contributed by atoms with Gasteiger partial charge in [0, 0.05) is 7.05 Å². The number of carbonyl (C=O) groups excluding carboxylic acids is 1. The van der Waals surface area contributed by atoms with E-state index in [-0.39, 0.29) is 0 Å². The molecule has 0 aromatic carbocycles. The number of likely N-dealkylation sites (N-methyl/N-ethyl adjacent to an activating group) is 1. The summed E-state index contributed by atoms with van der Waals surface area (Å²) in [6, 6.07) is 0. The topological polar surface area (TPSA) is 43.4 Å². The molecule has 2 unspecified atom stereocenters. The summed E-state index contributed by atoms with van der Waals surface area (Å²) in [6.45, 7) is 0. The fraction of sp³-hybridized carbons (Fsp3) is 0.400. The maximum atomic E-state index is 10.9. The van der Waals surface area contributed by atoms with Gasteiger partial charge in [-0.2, -0.15) is 0 Å². The lowest BCUT2D eigenvalue weighted by Gasteiger charge is -2.12. The Hall–Kier alpha value is -0.0300. The van der Waals surface area contributed by atoms with Crippen LogP contribution in [0.1, 0.15) is 0 Å². The molecule has 5 heteroatoms. The lowest BCUT2D eigenvalue weighted by Crippen LogP contribution is -2.26. The Balaban J connectivity index is 2.77. The molecule has 0 saturated carbocycles. The molecule has 0 bridgehead atoms. The van der Waals surface area contributed by atoms with E-state index in [2.05, 4.69) is 0 Å². The summed E-state index contributed by atoms with van der Waals surface area (Å²) < 4.78 is 12.3. The maximum Gasteiger partial charge on any atom is 0.161 e. The van der Waals surface area contributed by atoms with Gasteiger partial charge in [-0.05, 0) is 0 Å². The second kappa shape index (κ2) is 2.92. The van der Waals surface area contributed by atoms with Crippen LogP contribution in [0.2, 0.25) is 0 Å². The molecule has 0 aliphatic carbocycles. The zero-order valence-electron chi connectivity index (χ0n) is 5.28. The number of halogens is 1. The summed E-state index contributed by atoms with van der Waals surface area (Å²) in [5, 5.41) is 1.35. The van der Waals surface area contributed by atoms with Crippen LogP contribution >= 0.6 is 11.6 Å². The molecule has 0 fully saturated rings. The van der Waals surface area contributed by atoms with Crippen molar-refractivity contribution in [3.8, 4) is 0 Å². The Morgan fingerprint density at radius 1 is 2.00 bits per heavy atom. The molecule has 1 heterocycles. The Bertz CT molecular complexity index is 184. The van der Waals surface area contributed by atoms with Gasteiger partial charge < -0.3 is 4.55 Å². The monoisotopic (exact) mass is 179 g/mol. The lowest BCUT2D eigenvalue weighted by atomic mass is 10.3. The van der Waals surface area contributed by atoms with Crippen molar-refractivity contribution in [2.24, 2.45) is 0 Å². The lowest BCUT2D eigenvalue weighted by molar-refractivity contribution is -0.105. The van der Waals surface area contributed by atoms with E-state index in [0.717, 1.165) is 0 Å². The van der Waals surface area contributed by atoms with Crippen molar-refractivity contribution in [2.75, 3.05) is 7.05 Å². The predicted molar refractivity (Wildman–Crippen MR) is 39.7 cm³/mol. The number of hydrogen-bond acceptors (Lipinski definition) is 3. The summed E-state index contributed by atoms with van der Waals surface area (Å²) in [5.74, 6) is 0. The van der Waals surface area contributed by atoms with E-state index in [9.17, 15) is 9.35 Å². The first kappa shape index (κ1) is 8.07. The van der Waals surface area contributed by atoms with Gasteiger partial charge in [0.25, 0.3) is 0 Å². The minimum Gasteiger partial charge on any atom is -0.593 e. The highest BCUT2D eigenvalue weighted by Gasteiger charge is 2.33. The van der Waals surface area contributed by atoms with Crippen LogP contribution in [0.4, 0.5) is 0 Å². The molecular weight excluding hydrogens is 174 g/mol. The average molecular weight is 180 g/mol. The van der Waals surface area contributed by atoms with Gasteiger partial charge in [-0.3, -0.25) is 4.79 Å². The van der Waals surface area contributed by atoms with E-state index in [1.165, 1.54) is 9.71 Å². The third kappa shape index (κ3) is 1.20. The van der Waals surface area contributed by atoms with Gasteiger partial charge in [0.1, 0.15) is 5.41 Å². The van der Waals surface area contributed by atoms with Gasteiger partial charge in [-0.15, -0.1) is 4.31 Å². The molecule has 2 atom stereocenters. The third-order valence-corrected chi connectivity index (χ3v) is 3.16. The van der Waals surface area contributed by atoms with Crippen molar-refractivity contribution in [1.29, 1.82) is 0 Å². The smallest absolute Gasteiger partial charge is 0.161 e. The highest BCUT2D eigenvalue weighted by Crippen LogP contribution is 2.24. The largest absolute Gasteiger partial charge is 0.593 e. The molecular formula is C5H6ClNO2S. The summed E-state index contributed by atoms with van der Waals surface area (Å²) in [4.78, 5) is 10.2. The minimum atomic E-state index is -1.22. The van der Waals surface area contributed by atoms with E-state index in [0.29, 0.717) is 11.9 Å². The molecule has 0 saturated heterocycles. The normalized spacial score (nSPS) is 34.1. The molecule has 1 rings (SSSR count). The van der Waals surface area contributed by atoms with Crippen LogP contribution < -0.4 is 0 Å². The number of rotatable bonds is 1. The molecule has 1 aliphatic heterocycles. The second-order valence-corrected chi connectivity index (χ2v) is 3.67. The maximum absolute atomic E-state index is 10.9. The summed E-state index contributed by atoms with van der Waals surface area (Å²) >= 11 is 4.44. The van der Waals surface area contributed by atoms with Crippen molar-refractivity contribution in [3.05, 3.63) is 11.0 Å². The van der Waals surface area contributed by atoms with E-state index in [1.807, 2.05) is 0 Å². The predicted octanol–water partition coefficient (Wildman–Crippen LogP) is 0.243. The van der Waals surface area contributed by atoms with Crippen LogP contribution in [-0.2, 0) is 16.2 Å². The van der Waals surface area contributed by atoms with Gasteiger partial charge in [-0.25, -0.2) is 0 Å². The molecule has 1 aliphatic rings. The zero-order valence-corrected chi connectivity index (χ0v) is 6.85. The first-order chi connectivity index (χ1) is 4.66. The van der Waals surface area contributed by atoms with Crippen LogP contribution in [0, 0.1) is 0 Å². The summed E-state index contributed by atoms with van der Waals surface area (Å²) in [7, 11) is 1.60. The number of aldehydes is 1. The summed E-state index contributed by atoms with van der Waals surface area (Å²) in [6.07, 6.45) is 0.624. The van der Waals surface area contributed by atoms with Crippen LogP contribution in [0.15, 0.2) is 11.0 Å². The van der Waals surface area contributed by atoms with E-state index in [4.69, 9.17) is 11.6 Å². The number of hydrogen-bond donors (Lipinski definition) is 0. The number of alkyl halides is 1. The van der Waals surface area contributed by atoms with Gasteiger partial charge in [0.15, 0.2) is 11.8 Å². The van der Waals surface area contributed by atoms with Crippen molar-refractivity contribution in [2.45, 2.75) is 5.50 Å². The van der Waals surface area contributed by atoms with Crippen LogP contribution in [0.25, 0.3) is 0 Å².